The van der Waals surface area contributed by atoms with E-state index >= 15 is 0 Å². The molecule has 4 aromatic rings. The maximum absolute atomic E-state index is 12.5. The van der Waals surface area contributed by atoms with Crippen LogP contribution in [0.4, 0.5) is 0 Å². The standard InChI is InChI=1S/C24H16O6/c25-19-9-5-15(6-10-19)23(27)29-21-13-17-3-1-2-4-18(17)14-22(21)30-24(28)16-7-11-20(26)12-8-16/h1-14,25-26H. The van der Waals surface area contributed by atoms with Gasteiger partial charge in [0.25, 0.3) is 0 Å². The smallest absolute Gasteiger partial charge is 0.343 e. The summed E-state index contributed by atoms with van der Waals surface area (Å²) in [5.41, 5.74) is 0.466. The summed E-state index contributed by atoms with van der Waals surface area (Å²) in [5.74, 6) is -1.10. The summed E-state index contributed by atoms with van der Waals surface area (Å²) < 4.78 is 11.0. The van der Waals surface area contributed by atoms with Crippen LogP contribution in [-0.4, -0.2) is 22.2 Å². The van der Waals surface area contributed by atoms with Crippen molar-refractivity contribution in [3.05, 3.63) is 96.1 Å². The lowest BCUT2D eigenvalue weighted by molar-refractivity contribution is 0.0683. The molecule has 148 valence electrons. The Balaban J connectivity index is 1.68. The molecule has 0 atom stereocenters. The highest BCUT2D eigenvalue weighted by Gasteiger charge is 2.17. The molecule has 0 amide bonds. The third-order valence-electron chi connectivity index (χ3n) is 4.42. The van der Waals surface area contributed by atoms with E-state index in [1.807, 2.05) is 24.3 Å². The maximum atomic E-state index is 12.5. The van der Waals surface area contributed by atoms with Gasteiger partial charge < -0.3 is 19.7 Å². The molecule has 6 nitrogen and oxygen atoms in total. The molecular weight excluding hydrogens is 384 g/mol. The Morgan fingerprint density at radius 1 is 0.567 bits per heavy atom. The molecule has 30 heavy (non-hydrogen) atoms. The number of esters is 2. The molecule has 0 bridgehead atoms. The lowest BCUT2D eigenvalue weighted by Crippen LogP contribution is -2.12. The van der Waals surface area contributed by atoms with Crippen molar-refractivity contribution < 1.29 is 29.3 Å². The molecule has 0 spiro atoms. The van der Waals surface area contributed by atoms with Crippen LogP contribution >= 0.6 is 0 Å². The number of ether oxygens (including phenoxy) is 2. The van der Waals surface area contributed by atoms with E-state index in [0.717, 1.165) is 10.8 Å². The Labute approximate surface area is 171 Å². The van der Waals surface area contributed by atoms with Crippen LogP contribution in [0, 0.1) is 0 Å². The van der Waals surface area contributed by atoms with Crippen molar-refractivity contribution >= 4 is 22.7 Å². The molecule has 0 heterocycles. The summed E-state index contributed by atoms with van der Waals surface area (Å²) >= 11 is 0. The van der Waals surface area contributed by atoms with E-state index < -0.39 is 11.9 Å². The number of benzene rings is 4. The van der Waals surface area contributed by atoms with E-state index in [1.54, 1.807) is 12.1 Å². The first-order valence-corrected chi connectivity index (χ1v) is 9.05. The summed E-state index contributed by atoms with van der Waals surface area (Å²) in [5, 5.41) is 20.4. The van der Waals surface area contributed by atoms with Crippen LogP contribution in [0.1, 0.15) is 20.7 Å². The van der Waals surface area contributed by atoms with Gasteiger partial charge in [-0.3, -0.25) is 0 Å². The van der Waals surface area contributed by atoms with E-state index in [9.17, 15) is 19.8 Å². The lowest BCUT2D eigenvalue weighted by atomic mass is 10.1. The van der Waals surface area contributed by atoms with Gasteiger partial charge in [-0.15, -0.1) is 0 Å². The monoisotopic (exact) mass is 400 g/mol. The van der Waals surface area contributed by atoms with Gasteiger partial charge in [0.1, 0.15) is 11.5 Å². The predicted octanol–water partition coefficient (Wildman–Crippen LogP) is 4.69. The molecule has 0 aliphatic heterocycles. The minimum atomic E-state index is -0.660. The highest BCUT2D eigenvalue weighted by Crippen LogP contribution is 2.34. The Kier molecular flexibility index (Phi) is 5.05. The van der Waals surface area contributed by atoms with E-state index in [-0.39, 0.29) is 34.1 Å². The number of phenols is 2. The van der Waals surface area contributed by atoms with Gasteiger partial charge in [0, 0.05) is 0 Å². The zero-order valence-electron chi connectivity index (χ0n) is 15.6. The molecule has 0 saturated heterocycles. The summed E-state index contributed by atoms with van der Waals surface area (Å²) in [6.07, 6.45) is 0. The summed E-state index contributed by atoms with van der Waals surface area (Å²) in [4.78, 5) is 25.1. The third kappa shape index (κ3) is 4.07. The van der Waals surface area contributed by atoms with Gasteiger partial charge in [-0.25, -0.2) is 9.59 Å². The second-order valence-corrected chi connectivity index (χ2v) is 6.52. The van der Waals surface area contributed by atoms with Gasteiger partial charge in [0.2, 0.25) is 0 Å². The number of hydrogen-bond donors (Lipinski definition) is 2. The number of aromatic hydroxyl groups is 2. The van der Waals surface area contributed by atoms with Crippen LogP contribution in [-0.2, 0) is 0 Å². The van der Waals surface area contributed by atoms with Crippen LogP contribution in [0.2, 0.25) is 0 Å². The topological polar surface area (TPSA) is 93.1 Å². The normalized spacial score (nSPS) is 10.5. The fraction of sp³-hybridized carbons (Fsp3) is 0. The highest BCUT2D eigenvalue weighted by molar-refractivity contribution is 5.95. The Bertz CT molecular complexity index is 1130. The van der Waals surface area contributed by atoms with Gasteiger partial charge in [-0.2, -0.15) is 0 Å². The van der Waals surface area contributed by atoms with Crippen LogP contribution in [0.15, 0.2) is 84.9 Å². The van der Waals surface area contributed by atoms with Crippen LogP contribution in [0.25, 0.3) is 10.8 Å². The minimum absolute atomic E-state index is 0.0285. The quantitative estimate of drug-likeness (QED) is 0.381. The average molecular weight is 400 g/mol. The van der Waals surface area contributed by atoms with Crippen molar-refractivity contribution in [2.24, 2.45) is 0 Å². The number of phenolic OH excluding ortho intramolecular Hbond substituents is 2. The second-order valence-electron chi connectivity index (χ2n) is 6.52. The van der Waals surface area contributed by atoms with E-state index in [2.05, 4.69) is 0 Å². The number of hydrogen-bond acceptors (Lipinski definition) is 6. The first-order chi connectivity index (χ1) is 14.5. The van der Waals surface area contributed by atoms with Crippen molar-refractivity contribution in [3.63, 3.8) is 0 Å². The molecule has 0 aromatic heterocycles. The molecule has 0 radical (unpaired) electrons. The zero-order chi connectivity index (χ0) is 21.1. The summed E-state index contributed by atoms with van der Waals surface area (Å²) in [6, 6.07) is 21.9. The number of rotatable bonds is 4. The van der Waals surface area contributed by atoms with Crippen molar-refractivity contribution in [1.29, 1.82) is 0 Å². The third-order valence-corrected chi connectivity index (χ3v) is 4.42. The molecular formula is C24H16O6. The average Bonchev–Trinajstić information content (AvgIpc) is 2.75. The van der Waals surface area contributed by atoms with Gasteiger partial charge in [0.05, 0.1) is 11.1 Å². The minimum Gasteiger partial charge on any atom is -0.508 e. The molecule has 2 N–H and O–H groups in total. The number of fused-ring (bicyclic) bond motifs is 1. The summed E-state index contributed by atoms with van der Waals surface area (Å²) in [6.45, 7) is 0. The van der Waals surface area contributed by atoms with Crippen molar-refractivity contribution in [3.8, 4) is 23.0 Å². The van der Waals surface area contributed by atoms with E-state index in [1.165, 1.54) is 48.5 Å². The van der Waals surface area contributed by atoms with E-state index in [4.69, 9.17) is 9.47 Å². The zero-order valence-corrected chi connectivity index (χ0v) is 15.6. The molecule has 0 aliphatic rings. The molecule has 4 rings (SSSR count). The Morgan fingerprint density at radius 3 is 1.30 bits per heavy atom. The largest absolute Gasteiger partial charge is 0.508 e. The number of carbonyl (C=O) groups is 2. The van der Waals surface area contributed by atoms with Crippen LogP contribution in [0.5, 0.6) is 23.0 Å². The number of carbonyl (C=O) groups excluding carboxylic acids is 2. The molecule has 4 aromatic carbocycles. The fourth-order valence-corrected chi connectivity index (χ4v) is 2.87. The lowest BCUT2D eigenvalue weighted by Gasteiger charge is -2.12. The molecule has 6 heteroatoms. The predicted molar refractivity (Wildman–Crippen MR) is 110 cm³/mol. The van der Waals surface area contributed by atoms with Crippen LogP contribution in [0.3, 0.4) is 0 Å². The first kappa shape index (κ1) is 19.0. The molecule has 0 fully saturated rings. The van der Waals surface area contributed by atoms with Crippen molar-refractivity contribution in [2.45, 2.75) is 0 Å². The van der Waals surface area contributed by atoms with Crippen molar-refractivity contribution in [2.75, 3.05) is 0 Å². The Hall–Kier alpha value is -4.32. The van der Waals surface area contributed by atoms with Gasteiger partial charge in [0.15, 0.2) is 11.5 Å². The maximum Gasteiger partial charge on any atom is 0.343 e. The second kappa shape index (κ2) is 7.97. The Morgan fingerprint density at radius 2 is 0.933 bits per heavy atom. The van der Waals surface area contributed by atoms with Crippen LogP contribution < -0.4 is 9.47 Å². The summed E-state index contributed by atoms with van der Waals surface area (Å²) in [7, 11) is 0. The highest BCUT2D eigenvalue weighted by atomic mass is 16.6. The molecule has 0 aliphatic carbocycles. The van der Waals surface area contributed by atoms with Crippen molar-refractivity contribution in [1.82, 2.24) is 0 Å². The van der Waals surface area contributed by atoms with E-state index in [0.29, 0.717) is 0 Å². The molecule has 0 saturated carbocycles. The first-order valence-electron chi connectivity index (χ1n) is 9.05. The van der Waals surface area contributed by atoms with Gasteiger partial charge in [-0.1, -0.05) is 24.3 Å². The fourth-order valence-electron chi connectivity index (χ4n) is 2.87. The molecule has 0 unspecified atom stereocenters. The SMILES string of the molecule is O=C(Oc1cc2ccccc2cc1OC(=O)c1ccc(O)cc1)c1ccc(O)cc1. The van der Waals surface area contributed by atoms with Gasteiger partial charge in [-0.05, 0) is 71.4 Å². The van der Waals surface area contributed by atoms with Gasteiger partial charge >= 0.3 is 11.9 Å².